The van der Waals surface area contributed by atoms with Gasteiger partial charge < -0.3 is 15.1 Å². The summed E-state index contributed by atoms with van der Waals surface area (Å²) in [7, 11) is 0. The van der Waals surface area contributed by atoms with Crippen LogP contribution in [-0.4, -0.2) is 21.7 Å². The molecule has 17 heavy (non-hydrogen) atoms. The zero-order valence-corrected chi connectivity index (χ0v) is 9.49. The monoisotopic (exact) mass is 231 g/mol. The third-order valence-electron chi connectivity index (χ3n) is 2.41. The predicted octanol–water partition coefficient (Wildman–Crippen LogP) is 1.87. The molecule has 0 atom stereocenters. The number of benzene rings is 1. The molecule has 0 unspecified atom stereocenters. The molecule has 2 N–H and O–H groups in total. The van der Waals surface area contributed by atoms with Crippen molar-refractivity contribution in [1.82, 2.24) is 9.97 Å². The summed E-state index contributed by atoms with van der Waals surface area (Å²) in [5.41, 5.74) is 2.43. The first kappa shape index (κ1) is 11.3. The third kappa shape index (κ3) is 2.90. The van der Waals surface area contributed by atoms with Gasteiger partial charge in [-0.2, -0.15) is 0 Å². The standard InChI is InChI=1S/C12H13N3O2/c1-8(16)2-5-12(17)15-9-3-4-10-11(6-9)14-7-13-10/h3-4,6-7H,2,5H2,1H3,(H,13,14)(H,15,17). The van der Waals surface area contributed by atoms with Crippen LogP contribution in [0.1, 0.15) is 19.8 Å². The number of aromatic amines is 1. The zero-order valence-electron chi connectivity index (χ0n) is 9.49. The lowest BCUT2D eigenvalue weighted by Crippen LogP contribution is -2.12. The van der Waals surface area contributed by atoms with Crippen LogP contribution in [0.5, 0.6) is 0 Å². The molecular weight excluding hydrogens is 218 g/mol. The smallest absolute Gasteiger partial charge is 0.224 e. The first-order valence-electron chi connectivity index (χ1n) is 5.37. The van der Waals surface area contributed by atoms with Crippen molar-refractivity contribution < 1.29 is 9.59 Å². The van der Waals surface area contributed by atoms with E-state index in [4.69, 9.17) is 0 Å². The Hall–Kier alpha value is -2.17. The van der Waals surface area contributed by atoms with Crippen LogP contribution in [0.2, 0.25) is 0 Å². The molecular formula is C12H13N3O2. The number of anilines is 1. The van der Waals surface area contributed by atoms with E-state index >= 15 is 0 Å². The van der Waals surface area contributed by atoms with E-state index in [0.717, 1.165) is 11.0 Å². The summed E-state index contributed by atoms with van der Waals surface area (Å²) < 4.78 is 0. The van der Waals surface area contributed by atoms with Crippen LogP contribution in [-0.2, 0) is 9.59 Å². The van der Waals surface area contributed by atoms with Crippen molar-refractivity contribution in [2.45, 2.75) is 19.8 Å². The number of H-pyrrole nitrogens is 1. The summed E-state index contributed by atoms with van der Waals surface area (Å²) in [6.07, 6.45) is 2.10. The maximum absolute atomic E-state index is 11.5. The predicted molar refractivity (Wildman–Crippen MR) is 64.6 cm³/mol. The fourth-order valence-corrected chi connectivity index (χ4v) is 1.53. The molecule has 0 fully saturated rings. The Bertz CT molecular complexity index is 560. The van der Waals surface area contributed by atoms with Gasteiger partial charge in [-0.05, 0) is 25.1 Å². The number of hydrogen-bond acceptors (Lipinski definition) is 3. The van der Waals surface area contributed by atoms with Gasteiger partial charge in [0.05, 0.1) is 17.4 Å². The normalized spacial score (nSPS) is 10.4. The fourth-order valence-electron chi connectivity index (χ4n) is 1.53. The van der Waals surface area contributed by atoms with Crippen molar-refractivity contribution in [2.75, 3.05) is 5.32 Å². The van der Waals surface area contributed by atoms with Gasteiger partial charge in [-0.1, -0.05) is 0 Å². The van der Waals surface area contributed by atoms with Crippen molar-refractivity contribution in [3.05, 3.63) is 24.5 Å². The molecule has 0 radical (unpaired) electrons. The molecule has 88 valence electrons. The molecule has 5 heteroatoms. The second-order valence-electron chi connectivity index (χ2n) is 3.88. The lowest BCUT2D eigenvalue weighted by molar-refractivity contribution is -0.121. The number of carbonyl (C=O) groups excluding carboxylic acids is 2. The van der Waals surface area contributed by atoms with Crippen LogP contribution in [0.4, 0.5) is 5.69 Å². The van der Waals surface area contributed by atoms with Crippen molar-refractivity contribution >= 4 is 28.4 Å². The summed E-state index contributed by atoms with van der Waals surface area (Å²) in [6, 6.07) is 5.43. The number of nitrogens with zero attached hydrogens (tertiary/aromatic N) is 1. The summed E-state index contributed by atoms with van der Waals surface area (Å²) in [6.45, 7) is 1.48. The van der Waals surface area contributed by atoms with Gasteiger partial charge in [0, 0.05) is 18.5 Å². The number of carbonyl (C=O) groups is 2. The molecule has 2 rings (SSSR count). The number of imidazole rings is 1. The van der Waals surface area contributed by atoms with Gasteiger partial charge in [-0.15, -0.1) is 0 Å². The molecule has 1 aromatic carbocycles. The van der Waals surface area contributed by atoms with Crippen LogP contribution in [0.25, 0.3) is 11.0 Å². The van der Waals surface area contributed by atoms with E-state index in [1.807, 2.05) is 12.1 Å². The van der Waals surface area contributed by atoms with Crippen LogP contribution < -0.4 is 5.32 Å². The quantitative estimate of drug-likeness (QED) is 0.843. The highest BCUT2D eigenvalue weighted by atomic mass is 16.2. The summed E-state index contributed by atoms with van der Waals surface area (Å²) in [4.78, 5) is 29.3. The van der Waals surface area contributed by atoms with E-state index in [1.54, 1.807) is 12.4 Å². The van der Waals surface area contributed by atoms with Crippen molar-refractivity contribution in [3.63, 3.8) is 0 Å². The molecule has 0 saturated carbocycles. The lowest BCUT2D eigenvalue weighted by Gasteiger charge is -2.04. The number of Topliss-reactive ketones (excluding diaryl/α,β-unsaturated/α-hetero) is 1. The second kappa shape index (κ2) is 4.78. The first-order valence-corrected chi connectivity index (χ1v) is 5.37. The van der Waals surface area contributed by atoms with Gasteiger partial charge in [-0.3, -0.25) is 4.79 Å². The van der Waals surface area contributed by atoms with Gasteiger partial charge in [0.1, 0.15) is 5.78 Å². The van der Waals surface area contributed by atoms with Crippen molar-refractivity contribution in [1.29, 1.82) is 0 Å². The van der Waals surface area contributed by atoms with Crippen LogP contribution in [0.15, 0.2) is 24.5 Å². The number of hydrogen-bond donors (Lipinski definition) is 2. The van der Waals surface area contributed by atoms with Gasteiger partial charge in [0.15, 0.2) is 0 Å². The Labute approximate surface area is 98.2 Å². The zero-order chi connectivity index (χ0) is 12.3. The van der Waals surface area contributed by atoms with Crippen LogP contribution in [0.3, 0.4) is 0 Å². The van der Waals surface area contributed by atoms with Crippen molar-refractivity contribution in [2.24, 2.45) is 0 Å². The Morgan fingerprint density at radius 1 is 1.35 bits per heavy atom. The van der Waals surface area contributed by atoms with Crippen LogP contribution >= 0.6 is 0 Å². The number of ketones is 1. The van der Waals surface area contributed by atoms with Gasteiger partial charge in [-0.25, -0.2) is 4.98 Å². The summed E-state index contributed by atoms with van der Waals surface area (Å²) in [5, 5.41) is 2.74. The van der Waals surface area contributed by atoms with Crippen molar-refractivity contribution in [3.8, 4) is 0 Å². The molecule has 0 aliphatic rings. The second-order valence-corrected chi connectivity index (χ2v) is 3.88. The third-order valence-corrected chi connectivity index (χ3v) is 2.41. The number of aromatic nitrogens is 2. The Morgan fingerprint density at radius 2 is 2.18 bits per heavy atom. The number of nitrogens with one attached hydrogen (secondary N) is 2. The van der Waals surface area contributed by atoms with E-state index in [-0.39, 0.29) is 24.5 Å². The molecule has 0 bridgehead atoms. The number of rotatable bonds is 4. The Kier molecular flexibility index (Phi) is 3.18. The molecule has 5 nitrogen and oxygen atoms in total. The highest BCUT2D eigenvalue weighted by Crippen LogP contribution is 2.15. The maximum atomic E-state index is 11.5. The Balaban J connectivity index is 2.02. The molecule has 0 spiro atoms. The first-order chi connectivity index (χ1) is 8.15. The molecule has 1 heterocycles. The van der Waals surface area contributed by atoms with E-state index in [9.17, 15) is 9.59 Å². The molecule has 0 saturated heterocycles. The van der Waals surface area contributed by atoms with E-state index in [0.29, 0.717) is 5.69 Å². The molecule has 1 amide bonds. The summed E-state index contributed by atoms with van der Waals surface area (Å²) >= 11 is 0. The SMILES string of the molecule is CC(=O)CCC(=O)Nc1ccc2nc[nH]c2c1. The van der Waals surface area contributed by atoms with E-state index in [1.165, 1.54) is 6.92 Å². The Morgan fingerprint density at radius 3 is 2.94 bits per heavy atom. The molecule has 1 aromatic heterocycles. The maximum Gasteiger partial charge on any atom is 0.224 e. The van der Waals surface area contributed by atoms with Crippen LogP contribution in [0, 0.1) is 0 Å². The number of fused-ring (bicyclic) bond motifs is 1. The van der Waals surface area contributed by atoms with Gasteiger partial charge >= 0.3 is 0 Å². The minimum atomic E-state index is -0.154. The largest absolute Gasteiger partial charge is 0.345 e. The molecule has 0 aliphatic heterocycles. The highest BCUT2D eigenvalue weighted by molar-refractivity contribution is 5.94. The average Bonchev–Trinajstić information content (AvgIpc) is 2.73. The van der Waals surface area contributed by atoms with Gasteiger partial charge in [0.2, 0.25) is 5.91 Å². The lowest BCUT2D eigenvalue weighted by atomic mass is 10.2. The highest BCUT2D eigenvalue weighted by Gasteiger charge is 2.05. The fraction of sp³-hybridized carbons (Fsp3) is 0.250. The minimum absolute atomic E-state index is 0.0178. The molecule has 0 aliphatic carbocycles. The average molecular weight is 231 g/mol. The molecule has 2 aromatic rings. The van der Waals surface area contributed by atoms with Gasteiger partial charge in [0.25, 0.3) is 0 Å². The van der Waals surface area contributed by atoms with E-state index < -0.39 is 0 Å². The van der Waals surface area contributed by atoms with E-state index in [2.05, 4.69) is 15.3 Å². The summed E-state index contributed by atoms with van der Waals surface area (Å²) in [5.74, 6) is -0.136. The minimum Gasteiger partial charge on any atom is -0.345 e. The topological polar surface area (TPSA) is 74.8 Å². The number of amides is 1.